The molecule has 4 nitrogen and oxygen atoms in total. The van der Waals surface area contributed by atoms with Crippen LogP contribution >= 0.6 is 11.8 Å². The summed E-state index contributed by atoms with van der Waals surface area (Å²) in [5.74, 6) is 2.44. The molecule has 3 fully saturated rings. The van der Waals surface area contributed by atoms with Gasteiger partial charge >= 0.3 is 0 Å². The van der Waals surface area contributed by atoms with Crippen LogP contribution in [0.4, 0.5) is 0 Å². The fourth-order valence-corrected chi connectivity index (χ4v) is 4.97. The van der Waals surface area contributed by atoms with Gasteiger partial charge in [0.1, 0.15) is 6.04 Å². The van der Waals surface area contributed by atoms with Crippen LogP contribution in [0.5, 0.6) is 0 Å². The molecule has 2 amide bonds. The van der Waals surface area contributed by atoms with Gasteiger partial charge in [0.25, 0.3) is 0 Å². The minimum atomic E-state index is -0.191. The Labute approximate surface area is 131 Å². The third kappa shape index (κ3) is 3.55. The Bertz CT molecular complexity index is 390. The standard InChI is InChI=1S/C16H26N2O2S/c19-15(10-13-6-2-1-3-7-13)18-12-21-11-14(18)16(20)17-8-4-5-9-17/h13-14H,1-12H2. The Morgan fingerprint density at radius 1 is 1.00 bits per heavy atom. The summed E-state index contributed by atoms with van der Waals surface area (Å²) in [7, 11) is 0. The van der Waals surface area contributed by atoms with Crippen molar-refractivity contribution >= 4 is 23.6 Å². The molecule has 0 N–H and O–H groups in total. The Hall–Kier alpha value is -0.710. The molecule has 1 saturated carbocycles. The molecule has 118 valence electrons. The summed E-state index contributed by atoms with van der Waals surface area (Å²) in [4.78, 5) is 29.0. The molecule has 0 spiro atoms. The lowest BCUT2D eigenvalue weighted by molar-refractivity contribution is -0.143. The smallest absolute Gasteiger partial charge is 0.246 e. The molecule has 0 bridgehead atoms. The van der Waals surface area contributed by atoms with Crippen molar-refractivity contribution < 1.29 is 9.59 Å². The van der Waals surface area contributed by atoms with Gasteiger partial charge in [0, 0.05) is 25.3 Å². The third-order valence-corrected chi connectivity index (χ3v) is 6.11. The molecule has 2 saturated heterocycles. The van der Waals surface area contributed by atoms with Gasteiger partial charge in [-0.3, -0.25) is 9.59 Å². The molecule has 0 aromatic rings. The molecule has 2 aliphatic heterocycles. The minimum absolute atomic E-state index is 0.189. The van der Waals surface area contributed by atoms with E-state index in [9.17, 15) is 9.59 Å². The molecule has 3 aliphatic rings. The van der Waals surface area contributed by atoms with E-state index in [1.807, 2.05) is 9.80 Å². The Kier molecular flexibility index (Phi) is 5.09. The van der Waals surface area contributed by atoms with Gasteiger partial charge < -0.3 is 9.80 Å². The van der Waals surface area contributed by atoms with Gasteiger partial charge in [0.15, 0.2) is 0 Å². The minimum Gasteiger partial charge on any atom is -0.341 e. The van der Waals surface area contributed by atoms with E-state index in [-0.39, 0.29) is 17.9 Å². The zero-order chi connectivity index (χ0) is 14.7. The zero-order valence-electron chi connectivity index (χ0n) is 12.8. The van der Waals surface area contributed by atoms with Gasteiger partial charge in [0.05, 0.1) is 5.88 Å². The number of carbonyl (C=O) groups is 2. The predicted molar refractivity (Wildman–Crippen MR) is 85.0 cm³/mol. The summed E-state index contributed by atoms with van der Waals surface area (Å²) < 4.78 is 0. The normalized spacial score (nSPS) is 27.3. The summed E-state index contributed by atoms with van der Waals surface area (Å²) in [5.41, 5.74) is 0. The molecule has 1 aliphatic carbocycles. The van der Waals surface area contributed by atoms with Gasteiger partial charge in [-0.15, -0.1) is 11.8 Å². The summed E-state index contributed by atoms with van der Waals surface area (Å²) in [6, 6.07) is -0.191. The van der Waals surface area contributed by atoms with Crippen LogP contribution in [0.15, 0.2) is 0 Å². The summed E-state index contributed by atoms with van der Waals surface area (Å²) in [5, 5.41) is 0. The first-order valence-electron chi connectivity index (χ1n) is 8.41. The molecule has 0 aromatic heterocycles. The number of nitrogens with zero attached hydrogens (tertiary/aromatic N) is 2. The van der Waals surface area contributed by atoms with Crippen molar-refractivity contribution in [1.29, 1.82) is 0 Å². The van der Waals surface area contributed by atoms with E-state index in [0.717, 1.165) is 31.7 Å². The fraction of sp³-hybridized carbons (Fsp3) is 0.875. The highest BCUT2D eigenvalue weighted by atomic mass is 32.2. The van der Waals surface area contributed by atoms with E-state index in [2.05, 4.69) is 0 Å². The van der Waals surface area contributed by atoms with Crippen LogP contribution in [-0.2, 0) is 9.59 Å². The van der Waals surface area contributed by atoms with E-state index in [0.29, 0.717) is 18.2 Å². The first kappa shape index (κ1) is 15.2. The second kappa shape index (κ2) is 7.03. The van der Waals surface area contributed by atoms with Gasteiger partial charge in [-0.1, -0.05) is 19.3 Å². The molecule has 5 heteroatoms. The molecule has 1 unspecified atom stereocenters. The van der Waals surface area contributed by atoms with Crippen molar-refractivity contribution in [2.24, 2.45) is 5.92 Å². The quantitative estimate of drug-likeness (QED) is 0.804. The van der Waals surface area contributed by atoms with Crippen molar-refractivity contribution in [2.45, 2.75) is 57.4 Å². The number of hydrogen-bond donors (Lipinski definition) is 0. The molecular formula is C16H26N2O2S. The van der Waals surface area contributed by atoms with Crippen molar-refractivity contribution in [2.75, 3.05) is 24.7 Å². The third-order valence-electron chi connectivity index (χ3n) is 5.09. The highest BCUT2D eigenvalue weighted by Crippen LogP contribution is 2.30. The van der Waals surface area contributed by atoms with Crippen molar-refractivity contribution in [3.8, 4) is 0 Å². The first-order chi connectivity index (χ1) is 10.3. The topological polar surface area (TPSA) is 40.6 Å². The molecule has 2 heterocycles. The zero-order valence-corrected chi connectivity index (χ0v) is 13.6. The lowest BCUT2D eigenvalue weighted by Gasteiger charge is -2.29. The maximum atomic E-state index is 12.6. The lowest BCUT2D eigenvalue weighted by atomic mass is 9.86. The number of hydrogen-bond acceptors (Lipinski definition) is 3. The molecule has 21 heavy (non-hydrogen) atoms. The monoisotopic (exact) mass is 310 g/mol. The van der Waals surface area contributed by atoms with Gasteiger partial charge in [-0.25, -0.2) is 0 Å². The number of carbonyl (C=O) groups excluding carboxylic acids is 2. The van der Waals surface area contributed by atoms with E-state index in [1.165, 1.54) is 32.1 Å². The molecule has 0 aromatic carbocycles. The second-order valence-corrected chi connectivity index (χ2v) is 7.62. The Morgan fingerprint density at radius 3 is 2.43 bits per heavy atom. The van der Waals surface area contributed by atoms with Crippen molar-refractivity contribution in [3.05, 3.63) is 0 Å². The van der Waals surface area contributed by atoms with E-state index in [4.69, 9.17) is 0 Å². The van der Waals surface area contributed by atoms with Crippen molar-refractivity contribution in [1.82, 2.24) is 9.80 Å². The van der Waals surface area contributed by atoms with E-state index >= 15 is 0 Å². The Balaban J connectivity index is 1.57. The van der Waals surface area contributed by atoms with E-state index < -0.39 is 0 Å². The van der Waals surface area contributed by atoms with Crippen LogP contribution < -0.4 is 0 Å². The molecule has 0 radical (unpaired) electrons. The predicted octanol–water partition coefficient (Wildman–Crippen LogP) is 2.48. The molecular weight excluding hydrogens is 284 g/mol. The number of rotatable bonds is 3. The summed E-state index contributed by atoms with van der Waals surface area (Å²) in [6.45, 7) is 1.76. The SMILES string of the molecule is O=C(C1CSCN1C(=O)CC1CCCCC1)N1CCCC1. The Morgan fingerprint density at radius 2 is 1.71 bits per heavy atom. The van der Waals surface area contributed by atoms with Crippen LogP contribution in [-0.4, -0.2) is 52.4 Å². The molecule has 3 rings (SSSR count). The highest BCUT2D eigenvalue weighted by molar-refractivity contribution is 7.99. The average Bonchev–Trinajstić information content (AvgIpc) is 3.19. The van der Waals surface area contributed by atoms with E-state index in [1.54, 1.807) is 11.8 Å². The lowest BCUT2D eigenvalue weighted by Crippen LogP contribution is -2.48. The van der Waals surface area contributed by atoms with Crippen LogP contribution in [0.3, 0.4) is 0 Å². The second-order valence-electron chi connectivity index (χ2n) is 6.62. The average molecular weight is 310 g/mol. The molecule has 1 atom stereocenters. The van der Waals surface area contributed by atoms with Crippen LogP contribution in [0.25, 0.3) is 0 Å². The fourth-order valence-electron chi connectivity index (χ4n) is 3.80. The largest absolute Gasteiger partial charge is 0.341 e. The first-order valence-corrected chi connectivity index (χ1v) is 9.57. The van der Waals surface area contributed by atoms with Crippen LogP contribution in [0.2, 0.25) is 0 Å². The van der Waals surface area contributed by atoms with Gasteiger partial charge in [-0.2, -0.15) is 0 Å². The van der Waals surface area contributed by atoms with Crippen LogP contribution in [0, 0.1) is 5.92 Å². The number of amides is 2. The van der Waals surface area contributed by atoms with Gasteiger partial charge in [0.2, 0.25) is 11.8 Å². The maximum absolute atomic E-state index is 12.6. The number of likely N-dealkylation sites (tertiary alicyclic amines) is 1. The van der Waals surface area contributed by atoms with Crippen molar-refractivity contribution in [3.63, 3.8) is 0 Å². The highest BCUT2D eigenvalue weighted by Gasteiger charge is 2.38. The van der Waals surface area contributed by atoms with Crippen LogP contribution in [0.1, 0.15) is 51.4 Å². The van der Waals surface area contributed by atoms with Gasteiger partial charge in [-0.05, 0) is 31.6 Å². The number of thioether (sulfide) groups is 1. The maximum Gasteiger partial charge on any atom is 0.246 e. The summed E-state index contributed by atoms with van der Waals surface area (Å²) in [6.07, 6.45) is 9.12. The summed E-state index contributed by atoms with van der Waals surface area (Å²) >= 11 is 1.73.